The summed E-state index contributed by atoms with van der Waals surface area (Å²) in [6, 6.07) is 2.88. The smallest absolute Gasteiger partial charge is 0.339 e. The summed E-state index contributed by atoms with van der Waals surface area (Å²) in [5.74, 6) is -1.36. The molecule has 1 heterocycles. The van der Waals surface area contributed by atoms with Gasteiger partial charge in [0.25, 0.3) is 0 Å². The number of carboxylic acids is 1. The van der Waals surface area contributed by atoms with Crippen LogP contribution in [0.5, 0.6) is 5.75 Å². The molecule has 0 fully saturated rings. The lowest BCUT2D eigenvalue weighted by Crippen LogP contribution is -2.09. The minimum Gasteiger partial charge on any atom is -0.507 e. The van der Waals surface area contributed by atoms with Crippen molar-refractivity contribution in [2.24, 2.45) is 0 Å². The number of carbonyl (C=O) groups is 1. The number of aromatic hydroxyl groups is 1. The van der Waals surface area contributed by atoms with Gasteiger partial charge in [0.05, 0.1) is 15.2 Å². The van der Waals surface area contributed by atoms with E-state index < -0.39 is 5.97 Å². The van der Waals surface area contributed by atoms with Crippen molar-refractivity contribution in [2.75, 3.05) is 0 Å². The van der Waals surface area contributed by atoms with E-state index in [-0.39, 0.29) is 16.7 Å². The molecule has 17 heavy (non-hydrogen) atoms. The SMILES string of the molecule is CC(C)(C)c1nc2cc(C(=O)O)c(O)cc2s1. The van der Waals surface area contributed by atoms with Crippen molar-refractivity contribution in [3.8, 4) is 5.75 Å². The zero-order valence-corrected chi connectivity index (χ0v) is 10.6. The number of aromatic nitrogens is 1. The Balaban J connectivity index is 2.67. The van der Waals surface area contributed by atoms with Gasteiger partial charge < -0.3 is 10.2 Å². The second kappa shape index (κ2) is 3.70. The van der Waals surface area contributed by atoms with Gasteiger partial charge in [-0.15, -0.1) is 11.3 Å². The Bertz CT molecular complexity index is 596. The lowest BCUT2D eigenvalue weighted by Gasteiger charge is -2.13. The number of thiazole rings is 1. The zero-order chi connectivity index (χ0) is 12.8. The Kier molecular flexibility index (Phi) is 2.58. The van der Waals surface area contributed by atoms with E-state index >= 15 is 0 Å². The van der Waals surface area contributed by atoms with Crippen molar-refractivity contribution in [3.05, 3.63) is 22.7 Å². The van der Waals surface area contributed by atoms with E-state index in [9.17, 15) is 9.90 Å². The summed E-state index contributed by atoms with van der Waals surface area (Å²) in [6.45, 7) is 6.13. The molecule has 0 radical (unpaired) electrons. The van der Waals surface area contributed by atoms with Crippen LogP contribution in [0.25, 0.3) is 10.2 Å². The Morgan fingerprint density at radius 2 is 2.00 bits per heavy atom. The van der Waals surface area contributed by atoms with E-state index in [0.717, 1.165) is 9.71 Å². The van der Waals surface area contributed by atoms with Gasteiger partial charge in [0.15, 0.2) is 0 Å². The van der Waals surface area contributed by atoms with Gasteiger partial charge in [-0.3, -0.25) is 0 Å². The number of benzene rings is 1. The normalized spacial score (nSPS) is 11.9. The van der Waals surface area contributed by atoms with Crippen molar-refractivity contribution in [2.45, 2.75) is 26.2 Å². The first-order valence-corrected chi connectivity index (χ1v) is 5.98. The summed E-state index contributed by atoms with van der Waals surface area (Å²) < 4.78 is 0.803. The van der Waals surface area contributed by atoms with Gasteiger partial charge in [-0.05, 0) is 6.07 Å². The van der Waals surface area contributed by atoms with Crippen molar-refractivity contribution in [1.29, 1.82) is 0 Å². The molecule has 1 aromatic carbocycles. The molecule has 0 atom stereocenters. The second-order valence-corrected chi connectivity index (χ2v) is 5.94. The third kappa shape index (κ3) is 2.10. The number of rotatable bonds is 1. The first kappa shape index (κ1) is 11.9. The predicted molar refractivity (Wildman–Crippen MR) is 66.9 cm³/mol. The summed E-state index contributed by atoms with van der Waals surface area (Å²) in [6.07, 6.45) is 0. The fourth-order valence-electron chi connectivity index (χ4n) is 1.46. The van der Waals surface area contributed by atoms with Crippen LogP contribution in [0.2, 0.25) is 0 Å². The van der Waals surface area contributed by atoms with Crippen LogP contribution in [0, 0.1) is 0 Å². The van der Waals surface area contributed by atoms with Gasteiger partial charge in [-0.25, -0.2) is 9.78 Å². The Morgan fingerprint density at radius 1 is 1.35 bits per heavy atom. The number of hydrogen-bond acceptors (Lipinski definition) is 4. The molecule has 4 nitrogen and oxygen atoms in total. The summed E-state index contributed by atoms with van der Waals surface area (Å²) in [7, 11) is 0. The van der Waals surface area contributed by atoms with Crippen molar-refractivity contribution in [3.63, 3.8) is 0 Å². The topological polar surface area (TPSA) is 70.4 Å². The monoisotopic (exact) mass is 251 g/mol. The molecule has 1 aromatic heterocycles. The highest BCUT2D eigenvalue weighted by molar-refractivity contribution is 7.18. The average molecular weight is 251 g/mol. The number of fused-ring (bicyclic) bond motifs is 1. The van der Waals surface area contributed by atoms with E-state index in [1.165, 1.54) is 23.5 Å². The van der Waals surface area contributed by atoms with Crippen LogP contribution in [0.1, 0.15) is 36.1 Å². The second-order valence-electron chi connectivity index (χ2n) is 4.91. The Morgan fingerprint density at radius 3 is 2.53 bits per heavy atom. The van der Waals surface area contributed by atoms with E-state index in [2.05, 4.69) is 4.98 Å². The predicted octanol–water partition coefficient (Wildman–Crippen LogP) is 3.00. The van der Waals surface area contributed by atoms with Crippen molar-refractivity contribution in [1.82, 2.24) is 4.98 Å². The molecule has 5 heteroatoms. The highest BCUT2D eigenvalue weighted by Gasteiger charge is 2.20. The molecule has 0 aliphatic heterocycles. The standard InChI is InChI=1S/C12H13NO3S/c1-12(2,3)11-13-7-4-6(10(15)16)8(14)5-9(7)17-11/h4-5,14H,1-3H3,(H,15,16). The molecule has 0 saturated carbocycles. The maximum Gasteiger partial charge on any atom is 0.339 e. The minimum absolute atomic E-state index is 0.0807. The fraction of sp³-hybridized carbons (Fsp3) is 0.333. The minimum atomic E-state index is -1.14. The van der Waals surface area contributed by atoms with Crippen LogP contribution in [0.15, 0.2) is 12.1 Å². The maximum absolute atomic E-state index is 10.9. The van der Waals surface area contributed by atoms with Crippen LogP contribution >= 0.6 is 11.3 Å². The molecule has 0 amide bonds. The number of nitrogens with zero attached hydrogens (tertiary/aromatic N) is 1. The van der Waals surface area contributed by atoms with Crippen molar-refractivity contribution >= 4 is 27.5 Å². The van der Waals surface area contributed by atoms with E-state index in [1.54, 1.807) is 0 Å². The van der Waals surface area contributed by atoms with Crippen molar-refractivity contribution < 1.29 is 15.0 Å². The maximum atomic E-state index is 10.9. The van der Waals surface area contributed by atoms with E-state index in [4.69, 9.17) is 5.11 Å². The van der Waals surface area contributed by atoms with Gasteiger partial charge in [-0.2, -0.15) is 0 Å². The molecule has 90 valence electrons. The molecule has 0 saturated heterocycles. The van der Waals surface area contributed by atoms with Gasteiger partial charge >= 0.3 is 5.97 Å². The van der Waals surface area contributed by atoms with Gasteiger partial charge in [0.2, 0.25) is 0 Å². The lowest BCUT2D eigenvalue weighted by atomic mass is 9.98. The molecule has 0 aliphatic carbocycles. The molecular weight excluding hydrogens is 238 g/mol. The molecule has 2 N–H and O–H groups in total. The molecule has 0 aliphatic rings. The number of phenols is 1. The quantitative estimate of drug-likeness (QED) is 0.817. The number of hydrogen-bond donors (Lipinski definition) is 2. The molecule has 2 rings (SSSR count). The highest BCUT2D eigenvalue weighted by Crippen LogP contribution is 2.34. The summed E-state index contributed by atoms with van der Waals surface area (Å²) >= 11 is 1.47. The van der Waals surface area contributed by atoms with Gasteiger partial charge in [0.1, 0.15) is 11.3 Å². The van der Waals surface area contributed by atoms with Crippen LogP contribution < -0.4 is 0 Å². The van der Waals surface area contributed by atoms with E-state index in [0.29, 0.717) is 5.52 Å². The largest absolute Gasteiger partial charge is 0.507 e. The third-order valence-corrected chi connectivity index (χ3v) is 3.82. The zero-order valence-electron chi connectivity index (χ0n) is 9.81. The van der Waals surface area contributed by atoms with Crippen LogP contribution in [0.4, 0.5) is 0 Å². The molecule has 0 bridgehead atoms. The first-order valence-electron chi connectivity index (χ1n) is 5.16. The molecule has 2 aromatic rings. The highest BCUT2D eigenvalue weighted by atomic mass is 32.1. The average Bonchev–Trinajstić information content (AvgIpc) is 2.58. The summed E-state index contributed by atoms with van der Waals surface area (Å²) in [4.78, 5) is 15.3. The van der Waals surface area contributed by atoms with Crippen LogP contribution in [-0.2, 0) is 5.41 Å². The number of aromatic carboxylic acids is 1. The third-order valence-electron chi connectivity index (χ3n) is 2.38. The molecule has 0 spiro atoms. The van der Waals surface area contributed by atoms with E-state index in [1.807, 2.05) is 20.8 Å². The summed E-state index contributed by atoms with van der Waals surface area (Å²) in [5.41, 5.74) is 0.432. The molecular formula is C12H13NO3S. The fourth-order valence-corrected chi connectivity index (χ4v) is 2.49. The molecule has 0 unspecified atom stereocenters. The van der Waals surface area contributed by atoms with Gasteiger partial charge in [0, 0.05) is 11.5 Å². The summed E-state index contributed by atoms with van der Waals surface area (Å²) in [5, 5.41) is 19.4. The first-order chi connectivity index (χ1) is 7.79. The van der Waals surface area contributed by atoms with Crippen LogP contribution in [0.3, 0.4) is 0 Å². The number of carboxylic acid groups (broad SMARTS) is 1. The Hall–Kier alpha value is -1.62. The van der Waals surface area contributed by atoms with Gasteiger partial charge in [-0.1, -0.05) is 20.8 Å². The van der Waals surface area contributed by atoms with Crippen LogP contribution in [-0.4, -0.2) is 21.2 Å². The Labute approximate surface area is 103 Å². The lowest BCUT2D eigenvalue weighted by molar-refractivity contribution is 0.0694.